The number of ether oxygens (including phenoxy) is 2. The van der Waals surface area contributed by atoms with Gasteiger partial charge in [-0.2, -0.15) is 0 Å². The number of carbonyl (C=O) groups excluding carboxylic acids is 1. The molecule has 0 bridgehead atoms. The van der Waals surface area contributed by atoms with E-state index in [1.54, 1.807) is 18.4 Å². The van der Waals surface area contributed by atoms with Gasteiger partial charge in [0.1, 0.15) is 12.4 Å². The molecule has 84 valence electrons. The summed E-state index contributed by atoms with van der Waals surface area (Å²) < 4.78 is 10.1. The second kappa shape index (κ2) is 6.27. The fraction of sp³-hybridized carbons (Fsp3) is 0.583. The van der Waals surface area contributed by atoms with E-state index < -0.39 is 0 Å². The molecule has 0 spiro atoms. The minimum absolute atomic E-state index is 0.151. The quantitative estimate of drug-likeness (QED) is 0.654. The number of carbonyl (C=O) groups is 1. The number of allylic oxidation sites excluding steroid dienone is 1. The Hall–Kier alpha value is -1.25. The molecule has 1 aliphatic heterocycles. The van der Waals surface area contributed by atoms with Crippen LogP contribution in [0.5, 0.6) is 0 Å². The highest BCUT2D eigenvalue weighted by Gasteiger charge is 2.13. The first-order valence-electron chi connectivity index (χ1n) is 5.45. The molecule has 0 aromatic carbocycles. The zero-order valence-electron chi connectivity index (χ0n) is 9.36. The Kier molecular flexibility index (Phi) is 4.95. The largest absolute Gasteiger partial charge is 0.497 e. The summed E-state index contributed by atoms with van der Waals surface area (Å²) in [5, 5.41) is 0. The summed E-state index contributed by atoms with van der Waals surface area (Å²) in [5.74, 6) is 0.876. The molecule has 0 amide bonds. The maximum Gasteiger partial charge on any atom is 0.311 e. The molecular weight excluding hydrogens is 192 g/mol. The average Bonchev–Trinajstić information content (AvgIpc) is 2.27. The molecule has 0 unspecified atom stereocenters. The highest BCUT2D eigenvalue weighted by atomic mass is 16.5. The third kappa shape index (κ3) is 4.19. The molecule has 1 rings (SSSR count). The third-order valence-corrected chi connectivity index (χ3v) is 2.55. The predicted molar refractivity (Wildman–Crippen MR) is 58.0 cm³/mol. The van der Waals surface area contributed by atoms with Gasteiger partial charge in [0.15, 0.2) is 0 Å². The number of hydrogen-bond donors (Lipinski definition) is 0. The van der Waals surface area contributed by atoms with Gasteiger partial charge >= 0.3 is 5.97 Å². The highest BCUT2D eigenvalue weighted by Crippen LogP contribution is 2.15. The maximum atomic E-state index is 11.5. The first-order valence-corrected chi connectivity index (χ1v) is 5.45. The van der Waals surface area contributed by atoms with Crippen LogP contribution in [0.3, 0.4) is 0 Å². The van der Waals surface area contributed by atoms with Crippen LogP contribution in [0.1, 0.15) is 33.1 Å². The van der Waals surface area contributed by atoms with Crippen LogP contribution in [-0.4, -0.2) is 12.6 Å². The van der Waals surface area contributed by atoms with Gasteiger partial charge in [-0.05, 0) is 12.0 Å². The van der Waals surface area contributed by atoms with E-state index in [-0.39, 0.29) is 5.97 Å². The highest BCUT2D eigenvalue weighted by molar-refractivity contribution is 5.71. The van der Waals surface area contributed by atoms with Crippen LogP contribution in [0.25, 0.3) is 0 Å². The van der Waals surface area contributed by atoms with Crippen LogP contribution in [-0.2, 0) is 14.3 Å². The molecule has 3 nitrogen and oxygen atoms in total. The van der Waals surface area contributed by atoms with Gasteiger partial charge in [0, 0.05) is 12.5 Å². The van der Waals surface area contributed by atoms with Gasteiger partial charge in [-0.25, -0.2) is 0 Å². The molecule has 15 heavy (non-hydrogen) atoms. The van der Waals surface area contributed by atoms with Gasteiger partial charge in [0.05, 0.1) is 6.26 Å². The van der Waals surface area contributed by atoms with Crippen LogP contribution in [0.15, 0.2) is 24.2 Å². The van der Waals surface area contributed by atoms with Gasteiger partial charge in [0.25, 0.3) is 0 Å². The van der Waals surface area contributed by atoms with Crippen molar-refractivity contribution in [2.45, 2.75) is 33.1 Å². The zero-order chi connectivity index (χ0) is 11.1. The van der Waals surface area contributed by atoms with Crippen LogP contribution in [0.4, 0.5) is 0 Å². The maximum absolute atomic E-state index is 11.5. The molecule has 0 aromatic heterocycles. The average molecular weight is 210 g/mol. The van der Waals surface area contributed by atoms with Gasteiger partial charge in [-0.15, -0.1) is 0 Å². The predicted octanol–water partition coefficient (Wildman–Crippen LogP) is 2.78. The molecular formula is C12H18O3. The van der Waals surface area contributed by atoms with E-state index >= 15 is 0 Å². The Morgan fingerprint density at radius 3 is 2.80 bits per heavy atom. The van der Waals surface area contributed by atoms with Crippen molar-refractivity contribution >= 4 is 5.97 Å². The van der Waals surface area contributed by atoms with E-state index in [0.29, 0.717) is 24.7 Å². The second-order valence-corrected chi connectivity index (χ2v) is 3.60. The lowest BCUT2D eigenvalue weighted by atomic mass is 10.00. The van der Waals surface area contributed by atoms with Gasteiger partial charge in [-0.1, -0.05) is 26.7 Å². The van der Waals surface area contributed by atoms with Crippen LogP contribution in [0, 0.1) is 5.92 Å². The van der Waals surface area contributed by atoms with E-state index in [2.05, 4.69) is 13.8 Å². The van der Waals surface area contributed by atoms with E-state index in [4.69, 9.17) is 9.47 Å². The van der Waals surface area contributed by atoms with Crippen molar-refractivity contribution in [3.63, 3.8) is 0 Å². The lowest BCUT2D eigenvalue weighted by Gasteiger charge is -2.12. The molecule has 0 fully saturated rings. The topological polar surface area (TPSA) is 35.5 Å². The van der Waals surface area contributed by atoms with Crippen LogP contribution >= 0.6 is 0 Å². The fourth-order valence-electron chi connectivity index (χ4n) is 1.43. The molecule has 3 heteroatoms. The van der Waals surface area contributed by atoms with Gasteiger partial charge in [-0.3, -0.25) is 4.79 Å². The lowest BCUT2D eigenvalue weighted by molar-refractivity contribution is -0.140. The third-order valence-electron chi connectivity index (χ3n) is 2.55. The molecule has 0 atom stereocenters. The van der Waals surface area contributed by atoms with E-state index in [0.717, 1.165) is 12.8 Å². The summed E-state index contributed by atoms with van der Waals surface area (Å²) in [7, 11) is 0. The Morgan fingerprint density at radius 1 is 1.53 bits per heavy atom. The Bertz CT molecular complexity index is 262. The Balaban J connectivity index is 2.35. The zero-order valence-corrected chi connectivity index (χ0v) is 9.36. The molecule has 0 radical (unpaired) electrons. The van der Waals surface area contributed by atoms with Crippen molar-refractivity contribution in [1.29, 1.82) is 0 Å². The summed E-state index contributed by atoms with van der Waals surface area (Å²) in [6, 6.07) is 0. The van der Waals surface area contributed by atoms with Crippen molar-refractivity contribution in [2.24, 2.45) is 5.92 Å². The van der Waals surface area contributed by atoms with Crippen molar-refractivity contribution in [1.82, 2.24) is 0 Å². The number of hydrogen-bond acceptors (Lipinski definition) is 3. The second-order valence-electron chi connectivity index (χ2n) is 3.60. The summed E-state index contributed by atoms with van der Waals surface area (Å²) in [5.41, 5.74) is 0. The smallest absolute Gasteiger partial charge is 0.311 e. The monoisotopic (exact) mass is 210 g/mol. The molecule has 0 N–H and O–H groups in total. The summed E-state index contributed by atoms with van der Waals surface area (Å²) in [4.78, 5) is 11.5. The molecule has 0 aliphatic carbocycles. The normalized spacial score (nSPS) is 14.7. The molecule has 0 aromatic rings. The molecule has 1 heterocycles. The molecule has 0 saturated heterocycles. The van der Waals surface area contributed by atoms with Crippen molar-refractivity contribution in [3.8, 4) is 0 Å². The van der Waals surface area contributed by atoms with Crippen molar-refractivity contribution < 1.29 is 14.3 Å². The number of rotatable bonds is 5. The minimum Gasteiger partial charge on any atom is -0.497 e. The van der Waals surface area contributed by atoms with Crippen molar-refractivity contribution in [3.05, 3.63) is 24.2 Å². The summed E-state index contributed by atoms with van der Waals surface area (Å²) in [6.07, 6.45) is 7.49. The van der Waals surface area contributed by atoms with Gasteiger partial charge in [0.2, 0.25) is 0 Å². The SMILES string of the molecule is CCC(CC)CC(=O)OC1=CCOC=C1. The van der Waals surface area contributed by atoms with E-state index in [1.165, 1.54) is 0 Å². The standard InChI is InChI=1S/C12H18O3/c1-3-10(4-2)9-12(13)15-11-5-7-14-8-6-11/h5-7,10H,3-4,8-9H2,1-2H3. The Labute approximate surface area is 90.8 Å². The fourth-order valence-corrected chi connectivity index (χ4v) is 1.43. The number of esters is 1. The van der Waals surface area contributed by atoms with Crippen LogP contribution < -0.4 is 0 Å². The van der Waals surface area contributed by atoms with E-state index in [1.807, 2.05) is 0 Å². The summed E-state index contributed by atoms with van der Waals surface area (Å²) >= 11 is 0. The lowest BCUT2D eigenvalue weighted by Crippen LogP contribution is -2.11. The van der Waals surface area contributed by atoms with Crippen LogP contribution in [0.2, 0.25) is 0 Å². The first-order chi connectivity index (χ1) is 7.26. The Morgan fingerprint density at radius 2 is 2.27 bits per heavy atom. The van der Waals surface area contributed by atoms with E-state index in [9.17, 15) is 4.79 Å². The summed E-state index contributed by atoms with van der Waals surface area (Å²) in [6.45, 7) is 4.66. The minimum atomic E-state index is -0.151. The van der Waals surface area contributed by atoms with Gasteiger partial charge < -0.3 is 9.47 Å². The molecule has 1 aliphatic rings. The van der Waals surface area contributed by atoms with Crippen molar-refractivity contribution in [2.75, 3.05) is 6.61 Å². The molecule has 0 saturated carbocycles. The first kappa shape index (κ1) is 11.8.